The summed E-state index contributed by atoms with van der Waals surface area (Å²) in [5.74, 6) is -0.229. The van der Waals surface area contributed by atoms with Crippen LogP contribution in [0.4, 0.5) is 9.59 Å². The molecule has 2 aliphatic heterocycles. The predicted molar refractivity (Wildman–Crippen MR) is 201 cm³/mol. The molecule has 3 aliphatic rings. The highest BCUT2D eigenvalue weighted by Gasteiger charge is 2.38. The first kappa shape index (κ1) is 43.5. The fourth-order valence-electron chi connectivity index (χ4n) is 7.20. The van der Waals surface area contributed by atoms with E-state index in [1.807, 2.05) is 37.6 Å². The molecule has 0 aromatic carbocycles. The number of rotatable bonds is 9. The Morgan fingerprint density at radius 3 is 1.90 bits per heavy atom. The van der Waals surface area contributed by atoms with E-state index in [0.29, 0.717) is 45.5 Å². The van der Waals surface area contributed by atoms with Gasteiger partial charge in [-0.25, -0.2) is 9.59 Å². The van der Waals surface area contributed by atoms with Crippen LogP contribution in [-0.4, -0.2) is 119 Å². The van der Waals surface area contributed by atoms with Gasteiger partial charge in [0.1, 0.15) is 16.8 Å². The molecule has 13 heteroatoms. The van der Waals surface area contributed by atoms with Gasteiger partial charge >= 0.3 is 18.2 Å². The van der Waals surface area contributed by atoms with E-state index in [2.05, 4.69) is 15.2 Å². The van der Waals surface area contributed by atoms with E-state index in [0.717, 1.165) is 44.9 Å². The van der Waals surface area contributed by atoms with Crippen molar-refractivity contribution in [1.82, 2.24) is 20.0 Å². The van der Waals surface area contributed by atoms with E-state index < -0.39 is 35.0 Å². The van der Waals surface area contributed by atoms with Crippen molar-refractivity contribution < 1.29 is 38.1 Å². The normalized spacial score (nSPS) is 21.0. The molecule has 0 radical (unpaired) electrons. The van der Waals surface area contributed by atoms with Gasteiger partial charge in [-0.05, 0) is 121 Å². The van der Waals surface area contributed by atoms with Crippen molar-refractivity contribution >= 4 is 30.0 Å². The van der Waals surface area contributed by atoms with Crippen molar-refractivity contribution in [1.29, 1.82) is 0 Å². The first-order valence-electron chi connectivity index (χ1n) is 19.6. The molecular weight excluding hydrogens is 666 g/mol. The van der Waals surface area contributed by atoms with Gasteiger partial charge in [0.2, 0.25) is 11.9 Å². The lowest BCUT2D eigenvalue weighted by Gasteiger charge is -2.42. The highest BCUT2D eigenvalue weighted by Crippen LogP contribution is 2.28. The van der Waals surface area contributed by atoms with Gasteiger partial charge in [0.15, 0.2) is 0 Å². The summed E-state index contributed by atoms with van der Waals surface area (Å²) in [7, 11) is 2.02. The molecule has 52 heavy (non-hydrogen) atoms. The van der Waals surface area contributed by atoms with Gasteiger partial charge in [-0.3, -0.25) is 19.8 Å². The summed E-state index contributed by atoms with van der Waals surface area (Å²) in [6, 6.07) is -0.254. The minimum Gasteiger partial charge on any atom is -0.460 e. The Labute approximate surface area is 312 Å². The maximum Gasteiger partial charge on any atom is 0.437 e. The summed E-state index contributed by atoms with van der Waals surface area (Å²) in [6.07, 6.45) is 10.3. The number of amides is 3. The molecule has 1 saturated carbocycles. The van der Waals surface area contributed by atoms with Crippen LogP contribution in [-0.2, 0) is 28.5 Å². The van der Waals surface area contributed by atoms with Gasteiger partial charge in [0.25, 0.3) is 0 Å². The standard InChI is InChI=1S/C39H69N5O8/c1-37(2,3)50-32(45)27-31(42(10)28-17-13-11-12-14-18-28)33(46)44-23-16-15-19-29(44)22-26-49-30-20-24-43(25-21-30)34(40-35(47)51-38(4,5)6)41-36(48)52-39(7,8)9/h28-31H,11-27H2,1-10H3,(H,40,41,47,48)/t29-,31-/m0/s1. The molecule has 1 aliphatic carbocycles. The van der Waals surface area contributed by atoms with E-state index >= 15 is 0 Å². The highest BCUT2D eigenvalue weighted by atomic mass is 16.6. The maximum absolute atomic E-state index is 14.4. The number of likely N-dealkylation sites (tertiary alicyclic amines) is 2. The zero-order valence-corrected chi connectivity index (χ0v) is 33.9. The molecule has 0 unspecified atom stereocenters. The fourth-order valence-corrected chi connectivity index (χ4v) is 7.20. The third-order valence-electron chi connectivity index (χ3n) is 9.62. The van der Waals surface area contributed by atoms with Crippen LogP contribution in [0.15, 0.2) is 4.99 Å². The minimum absolute atomic E-state index is 0.0184. The molecule has 0 spiro atoms. The molecule has 0 bridgehead atoms. The molecule has 3 fully saturated rings. The number of aliphatic imine (C=N–C) groups is 1. The first-order chi connectivity index (χ1) is 24.2. The number of guanidine groups is 1. The number of likely N-dealkylation sites (N-methyl/N-ethyl adjacent to an activating group) is 1. The lowest BCUT2D eigenvalue weighted by Crippen LogP contribution is -2.55. The molecule has 3 amide bonds. The third kappa shape index (κ3) is 15.6. The monoisotopic (exact) mass is 736 g/mol. The number of carbonyl (C=O) groups excluding carboxylic acids is 4. The Morgan fingerprint density at radius 2 is 1.33 bits per heavy atom. The zero-order chi connectivity index (χ0) is 38.7. The lowest BCUT2D eigenvalue weighted by molar-refractivity contribution is -0.160. The Bertz CT molecular complexity index is 1200. The van der Waals surface area contributed by atoms with Gasteiger partial charge in [0.05, 0.1) is 18.6 Å². The number of hydrogen-bond donors (Lipinski definition) is 1. The minimum atomic E-state index is -0.794. The van der Waals surface area contributed by atoms with Gasteiger partial charge in [-0.2, -0.15) is 0 Å². The van der Waals surface area contributed by atoms with Gasteiger partial charge in [0, 0.05) is 38.3 Å². The quantitative estimate of drug-likeness (QED) is 0.0884. The smallest absolute Gasteiger partial charge is 0.437 e. The van der Waals surface area contributed by atoms with Crippen molar-refractivity contribution in [3.05, 3.63) is 0 Å². The predicted octanol–water partition coefficient (Wildman–Crippen LogP) is 6.81. The number of esters is 1. The van der Waals surface area contributed by atoms with Crippen LogP contribution >= 0.6 is 0 Å². The average molecular weight is 736 g/mol. The number of alkyl carbamates (subject to hydrolysis) is 1. The number of nitrogens with one attached hydrogen (secondary N) is 1. The van der Waals surface area contributed by atoms with E-state index in [-0.39, 0.29) is 42.4 Å². The second-order valence-corrected chi connectivity index (χ2v) is 17.7. The highest BCUT2D eigenvalue weighted by molar-refractivity contribution is 5.99. The molecule has 0 aromatic rings. The van der Waals surface area contributed by atoms with E-state index in [1.54, 1.807) is 41.5 Å². The number of piperidine rings is 2. The topological polar surface area (TPSA) is 139 Å². The van der Waals surface area contributed by atoms with E-state index in [1.165, 1.54) is 12.8 Å². The van der Waals surface area contributed by atoms with Crippen LogP contribution in [0.3, 0.4) is 0 Å². The molecular formula is C39H69N5O8. The Kier molecular flexibility index (Phi) is 16.2. The van der Waals surface area contributed by atoms with Crippen molar-refractivity contribution in [3.8, 4) is 0 Å². The zero-order valence-electron chi connectivity index (χ0n) is 33.9. The molecule has 0 aromatic heterocycles. The summed E-state index contributed by atoms with van der Waals surface area (Å²) in [5.41, 5.74) is -2.07. The fraction of sp³-hybridized carbons (Fsp3) is 0.872. The Hall–Kier alpha value is -2.93. The van der Waals surface area contributed by atoms with Crippen molar-refractivity contribution in [3.63, 3.8) is 0 Å². The SMILES string of the molecule is CN(C1CCCCCC1)[C@@H](CC(=O)OC(C)(C)C)C(=O)N1CCCC[C@H]1CCOC1CCN(/C(=N/C(=O)OC(C)(C)C)NC(=O)OC(C)(C)C)CC1. The summed E-state index contributed by atoms with van der Waals surface area (Å²) in [4.78, 5) is 62.8. The number of carbonyl (C=O) groups is 4. The molecule has 1 N–H and O–H groups in total. The summed E-state index contributed by atoms with van der Waals surface area (Å²) in [6.45, 7) is 18.3. The van der Waals surface area contributed by atoms with Crippen LogP contribution in [0.2, 0.25) is 0 Å². The van der Waals surface area contributed by atoms with Crippen molar-refractivity contribution in [2.45, 2.75) is 187 Å². The van der Waals surface area contributed by atoms with E-state index in [4.69, 9.17) is 18.9 Å². The molecule has 13 nitrogen and oxygen atoms in total. The van der Waals surface area contributed by atoms with Crippen LogP contribution in [0.25, 0.3) is 0 Å². The van der Waals surface area contributed by atoms with Crippen LogP contribution < -0.4 is 5.32 Å². The molecule has 2 saturated heterocycles. The summed E-state index contributed by atoms with van der Waals surface area (Å²) < 4.78 is 22.9. The van der Waals surface area contributed by atoms with Crippen molar-refractivity contribution in [2.75, 3.05) is 33.3 Å². The van der Waals surface area contributed by atoms with Gasteiger partial charge in [-0.1, -0.05) is 25.7 Å². The van der Waals surface area contributed by atoms with E-state index in [9.17, 15) is 19.2 Å². The van der Waals surface area contributed by atoms with Gasteiger partial charge in [-0.15, -0.1) is 4.99 Å². The largest absolute Gasteiger partial charge is 0.460 e. The Morgan fingerprint density at radius 1 is 0.750 bits per heavy atom. The van der Waals surface area contributed by atoms with Gasteiger partial charge < -0.3 is 28.7 Å². The number of ether oxygens (including phenoxy) is 4. The van der Waals surface area contributed by atoms with Crippen LogP contribution in [0.5, 0.6) is 0 Å². The van der Waals surface area contributed by atoms with Crippen LogP contribution in [0, 0.1) is 0 Å². The second-order valence-electron chi connectivity index (χ2n) is 17.7. The Balaban J connectivity index is 1.62. The average Bonchev–Trinajstić information content (AvgIpc) is 3.31. The third-order valence-corrected chi connectivity index (χ3v) is 9.62. The number of hydrogen-bond acceptors (Lipinski definition) is 9. The molecule has 2 heterocycles. The van der Waals surface area contributed by atoms with Crippen LogP contribution in [0.1, 0.15) is 146 Å². The second kappa shape index (κ2) is 19.4. The summed E-state index contributed by atoms with van der Waals surface area (Å²) in [5, 5.41) is 2.64. The number of nitrogens with zero attached hydrogens (tertiary/aromatic N) is 4. The first-order valence-corrected chi connectivity index (χ1v) is 19.6. The molecule has 2 atom stereocenters. The lowest BCUT2D eigenvalue weighted by atomic mass is 9.96. The molecule has 298 valence electrons. The molecule has 3 rings (SSSR count). The van der Waals surface area contributed by atoms with Crippen molar-refractivity contribution in [2.24, 2.45) is 4.99 Å². The maximum atomic E-state index is 14.4. The summed E-state index contributed by atoms with van der Waals surface area (Å²) >= 11 is 0.